The summed E-state index contributed by atoms with van der Waals surface area (Å²) in [6.45, 7) is 7.60. The zero-order valence-electron chi connectivity index (χ0n) is 21.6. The Hall–Kier alpha value is -3.29. The van der Waals surface area contributed by atoms with Crippen molar-refractivity contribution in [3.63, 3.8) is 0 Å². The van der Waals surface area contributed by atoms with E-state index in [2.05, 4.69) is 41.3 Å². The Morgan fingerprint density at radius 3 is 2.66 bits per heavy atom. The Bertz CT molecular complexity index is 1370. The summed E-state index contributed by atoms with van der Waals surface area (Å²) >= 11 is 3.36. The standard InChI is InChI=1S/C25H30BrN7O5/c1-13-9-32(10-14(2)38-13)25(34)17-5-16(26)6-20(33(35)36)24(17)28-19-11-31(12-22(19)37-4)21-8-27-7-18-23(21)15(3)29-30-18/h5-8,13-14,19,22,28H,9-12H2,1-4H3,(H,29,30)/t13-,14+,19-,22-/m0/s1. The lowest BCUT2D eigenvalue weighted by Crippen LogP contribution is -2.48. The zero-order valence-corrected chi connectivity index (χ0v) is 23.2. The first-order valence-corrected chi connectivity index (χ1v) is 13.2. The Balaban J connectivity index is 1.50. The Kier molecular flexibility index (Phi) is 7.25. The molecule has 2 aliphatic rings. The quantitative estimate of drug-likeness (QED) is 0.327. The van der Waals surface area contributed by atoms with Crippen LogP contribution in [0.5, 0.6) is 0 Å². The van der Waals surface area contributed by atoms with Gasteiger partial charge in [0.1, 0.15) is 11.2 Å². The lowest BCUT2D eigenvalue weighted by Gasteiger charge is -2.35. The number of hydrogen-bond acceptors (Lipinski definition) is 9. The monoisotopic (exact) mass is 587 g/mol. The number of ether oxygens (including phenoxy) is 2. The Morgan fingerprint density at radius 1 is 1.24 bits per heavy atom. The predicted molar refractivity (Wildman–Crippen MR) is 146 cm³/mol. The summed E-state index contributed by atoms with van der Waals surface area (Å²) in [6.07, 6.45) is 2.93. The largest absolute Gasteiger partial charge is 0.377 e. The van der Waals surface area contributed by atoms with Gasteiger partial charge in [-0.2, -0.15) is 5.10 Å². The Labute approximate surface area is 227 Å². The average molecular weight is 588 g/mol. The minimum atomic E-state index is -0.470. The van der Waals surface area contributed by atoms with Crippen molar-refractivity contribution in [2.45, 2.75) is 45.1 Å². The van der Waals surface area contributed by atoms with Crippen LogP contribution in [0.4, 0.5) is 17.1 Å². The molecular formula is C25H30BrN7O5. The van der Waals surface area contributed by atoms with Crippen molar-refractivity contribution in [3.05, 3.63) is 50.4 Å². The highest BCUT2D eigenvalue weighted by molar-refractivity contribution is 9.10. The van der Waals surface area contributed by atoms with Crippen LogP contribution >= 0.6 is 15.9 Å². The van der Waals surface area contributed by atoms with Crippen molar-refractivity contribution >= 4 is 49.8 Å². The summed E-state index contributed by atoms with van der Waals surface area (Å²) in [7, 11) is 1.61. The van der Waals surface area contributed by atoms with E-state index in [0.29, 0.717) is 30.7 Å². The number of nitro groups is 1. The third-order valence-electron chi connectivity index (χ3n) is 7.08. The molecule has 0 spiro atoms. The van der Waals surface area contributed by atoms with Gasteiger partial charge in [0.05, 0.1) is 52.9 Å². The number of aryl methyl sites for hydroxylation is 1. The second-order valence-electron chi connectivity index (χ2n) is 9.90. The molecule has 4 heterocycles. The summed E-state index contributed by atoms with van der Waals surface area (Å²) in [5.74, 6) is -0.286. The molecule has 0 saturated carbocycles. The molecule has 0 bridgehead atoms. The van der Waals surface area contributed by atoms with Crippen LogP contribution in [0.25, 0.3) is 10.9 Å². The zero-order chi connectivity index (χ0) is 27.1. The molecule has 4 atom stereocenters. The predicted octanol–water partition coefficient (Wildman–Crippen LogP) is 3.50. The average Bonchev–Trinajstić information content (AvgIpc) is 3.46. The van der Waals surface area contributed by atoms with Gasteiger partial charge in [-0.15, -0.1) is 0 Å². The van der Waals surface area contributed by atoms with Crippen molar-refractivity contribution in [2.75, 3.05) is 43.5 Å². The number of nitrogens with zero attached hydrogens (tertiary/aromatic N) is 5. The number of benzene rings is 1. The van der Waals surface area contributed by atoms with Crippen molar-refractivity contribution in [3.8, 4) is 0 Å². The first-order valence-electron chi connectivity index (χ1n) is 12.4. The van der Waals surface area contributed by atoms with Crippen molar-refractivity contribution in [2.24, 2.45) is 0 Å². The smallest absolute Gasteiger partial charge is 0.294 e. The summed E-state index contributed by atoms with van der Waals surface area (Å²) in [4.78, 5) is 33.6. The molecule has 1 aromatic carbocycles. The number of hydrogen-bond donors (Lipinski definition) is 2. The molecule has 1 amide bonds. The molecular weight excluding hydrogens is 558 g/mol. The molecule has 2 aromatic heterocycles. The highest BCUT2D eigenvalue weighted by atomic mass is 79.9. The third kappa shape index (κ3) is 4.93. The molecule has 0 unspecified atom stereocenters. The van der Waals surface area contributed by atoms with Crippen LogP contribution < -0.4 is 10.2 Å². The van der Waals surface area contributed by atoms with Crippen molar-refractivity contribution in [1.82, 2.24) is 20.1 Å². The van der Waals surface area contributed by atoms with Gasteiger partial charge < -0.3 is 24.6 Å². The van der Waals surface area contributed by atoms with Gasteiger partial charge >= 0.3 is 0 Å². The van der Waals surface area contributed by atoms with Gasteiger partial charge in [0.15, 0.2) is 0 Å². The van der Waals surface area contributed by atoms with Gasteiger partial charge in [-0.3, -0.25) is 25.0 Å². The summed E-state index contributed by atoms with van der Waals surface area (Å²) in [6, 6.07) is 2.71. The summed E-state index contributed by atoms with van der Waals surface area (Å²) in [5, 5.41) is 23.8. The number of H-pyrrole nitrogens is 1. The number of morpholine rings is 1. The molecule has 2 saturated heterocycles. The molecule has 202 valence electrons. The van der Waals surface area contributed by atoms with E-state index >= 15 is 0 Å². The lowest BCUT2D eigenvalue weighted by molar-refractivity contribution is -0.384. The van der Waals surface area contributed by atoms with Crippen LogP contribution in [0.15, 0.2) is 29.0 Å². The number of halogens is 1. The third-order valence-corrected chi connectivity index (χ3v) is 7.54. The van der Waals surface area contributed by atoms with E-state index < -0.39 is 4.92 Å². The number of rotatable bonds is 6. The molecule has 38 heavy (non-hydrogen) atoms. The first-order chi connectivity index (χ1) is 18.2. The number of aromatic amines is 1. The maximum atomic E-state index is 13.7. The molecule has 5 rings (SSSR count). The molecule has 0 aliphatic carbocycles. The van der Waals surface area contributed by atoms with Crippen molar-refractivity contribution in [1.29, 1.82) is 0 Å². The summed E-state index contributed by atoms with van der Waals surface area (Å²) < 4.78 is 12.0. The number of aromatic nitrogens is 3. The number of fused-ring (bicyclic) bond motifs is 1. The van der Waals surface area contributed by atoms with Crippen LogP contribution in [0.2, 0.25) is 0 Å². The highest BCUT2D eigenvalue weighted by Crippen LogP contribution is 2.37. The van der Waals surface area contributed by atoms with Crippen LogP contribution in [0, 0.1) is 17.0 Å². The number of anilines is 2. The van der Waals surface area contributed by atoms with Gasteiger partial charge in [-0.1, -0.05) is 15.9 Å². The molecule has 2 fully saturated rings. The number of methoxy groups -OCH3 is 1. The van der Waals surface area contributed by atoms with E-state index in [1.54, 1.807) is 30.5 Å². The van der Waals surface area contributed by atoms with E-state index in [9.17, 15) is 14.9 Å². The maximum absolute atomic E-state index is 13.7. The normalized spacial score (nSPS) is 23.7. The van der Waals surface area contributed by atoms with Crippen molar-refractivity contribution < 1.29 is 19.2 Å². The minimum Gasteiger partial charge on any atom is -0.377 e. The number of amides is 1. The molecule has 2 aliphatic heterocycles. The maximum Gasteiger partial charge on any atom is 0.294 e. The van der Waals surface area contributed by atoms with E-state index in [4.69, 9.17) is 9.47 Å². The van der Waals surface area contributed by atoms with Gasteiger partial charge in [-0.05, 0) is 26.8 Å². The molecule has 13 heteroatoms. The number of nitro benzene ring substituents is 1. The minimum absolute atomic E-state index is 0.134. The number of nitrogens with one attached hydrogen (secondary N) is 2. The second-order valence-corrected chi connectivity index (χ2v) is 10.8. The van der Waals surface area contributed by atoms with Gasteiger partial charge in [0, 0.05) is 54.9 Å². The summed E-state index contributed by atoms with van der Waals surface area (Å²) in [5.41, 5.74) is 2.82. The van der Waals surface area contributed by atoms with Gasteiger partial charge in [-0.25, -0.2) is 0 Å². The van der Waals surface area contributed by atoms with Crippen LogP contribution in [-0.4, -0.2) is 88.6 Å². The number of carbonyl (C=O) groups excluding carboxylic acids is 1. The fraction of sp³-hybridized carbons (Fsp3) is 0.480. The lowest BCUT2D eigenvalue weighted by atomic mass is 10.1. The number of carbonyl (C=O) groups is 1. The van der Waals surface area contributed by atoms with Gasteiger partial charge in [0.2, 0.25) is 0 Å². The highest BCUT2D eigenvalue weighted by Gasteiger charge is 2.38. The fourth-order valence-corrected chi connectivity index (χ4v) is 5.90. The number of pyridine rings is 1. The molecule has 3 aromatic rings. The van der Waals surface area contributed by atoms with E-state index in [0.717, 1.165) is 22.3 Å². The van der Waals surface area contributed by atoms with Crippen LogP contribution in [0.1, 0.15) is 29.9 Å². The first kappa shape index (κ1) is 26.3. The molecule has 0 radical (unpaired) electrons. The fourth-order valence-electron chi connectivity index (χ4n) is 5.45. The topological polar surface area (TPSA) is 139 Å². The van der Waals surface area contributed by atoms with Crippen LogP contribution in [0.3, 0.4) is 0 Å². The molecule has 2 N–H and O–H groups in total. The Morgan fingerprint density at radius 2 is 1.97 bits per heavy atom. The van der Waals surface area contributed by atoms with E-state index in [1.807, 2.05) is 20.8 Å². The van der Waals surface area contributed by atoms with Crippen LogP contribution in [-0.2, 0) is 9.47 Å². The second kappa shape index (κ2) is 10.5. The molecule has 12 nitrogen and oxygen atoms in total. The van der Waals surface area contributed by atoms with E-state index in [1.165, 1.54) is 6.07 Å². The van der Waals surface area contributed by atoms with E-state index in [-0.39, 0.29) is 47.2 Å². The SMILES string of the molecule is CO[C@H]1CN(c2cncc3n[nH]c(C)c23)C[C@@H]1Nc1c(C(=O)N2C[C@@H](C)O[C@@H](C)C2)cc(Br)cc1[N+](=O)[O-]. The van der Waals surface area contributed by atoms with Gasteiger partial charge in [0.25, 0.3) is 11.6 Å².